The number of aromatic nitrogens is 4. The van der Waals surface area contributed by atoms with E-state index in [0.29, 0.717) is 17.8 Å². The van der Waals surface area contributed by atoms with E-state index in [2.05, 4.69) is 15.4 Å². The van der Waals surface area contributed by atoms with Crippen LogP contribution in [0.15, 0.2) is 54.7 Å². The second-order valence-electron chi connectivity index (χ2n) is 6.05. The molecule has 0 aliphatic carbocycles. The normalized spacial score (nSPS) is 11.0. The van der Waals surface area contributed by atoms with Gasteiger partial charge in [0.25, 0.3) is 0 Å². The van der Waals surface area contributed by atoms with E-state index in [1.54, 1.807) is 19.1 Å². The number of halogens is 1. The summed E-state index contributed by atoms with van der Waals surface area (Å²) in [6.07, 6.45) is 1.91. The van der Waals surface area contributed by atoms with Crippen LogP contribution < -0.4 is 0 Å². The molecule has 6 nitrogen and oxygen atoms in total. The molecule has 0 atom stereocenters. The molecule has 0 saturated heterocycles. The van der Waals surface area contributed by atoms with Gasteiger partial charge in [0.1, 0.15) is 11.5 Å². The van der Waals surface area contributed by atoms with E-state index in [1.165, 1.54) is 6.07 Å². The first-order chi connectivity index (χ1) is 13.2. The zero-order chi connectivity index (χ0) is 18.8. The van der Waals surface area contributed by atoms with Crippen molar-refractivity contribution in [3.05, 3.63) is 71.8 Å². The summed E-state index contributed by atoms with van der Waals surface area (Å²) in [5, 5.41) is 11.5. The minimum Gasteiger partial charge on any atom is -0.461 e. The molecule has 0 saturated carbocycles. The van der Waals surface area contributed by atoms with Crippen LogP contribution >= 0.6 is 0 Å². The molecule has 7 heteroatoms. The van der Waals surface area contributed by atoms with Crippen molar-refractivity contribution in [3.8, 4) is 11.3 Å². The fraction of sp³-hybridized carbons (Fsp3) is 0.150. The van der Waals surface area contributed by atoms with Crippen LogP contribution in [0.4, 0.5) is 4.39 Å². The Morgan fingerprint density at radius 1 is 1.19 bits per heavy atom. The largest absolute Gasteiger partial charge is 0.461 e. The summed E-state index contributed by atoms with van der Waals surface area (Å²) in [6.45, 7) is 2.40. The van der Waals surface area contributed by atoms with Crippen LogP contribution in [0, 0.1) is 5.82 Å². The van der Waals surface area contributed by atoms with Crippen molar-refractivity contribution in [1.82, 2.24) is 20.0 Å². The van der Waals surface area contributed by atoms with E-state index < -0.39 is 5.97 Å². The van der Waals surface area contributed by atoms with Crippen LogP contribution in [0.25, 0.3) is 22.2 Å². The molecule has 0 fully saturated rings. The Morgan fingerprint density at radius 3 is 2.85 bits per heavy atom. The molecular formula is C20H17FN4O2. The van der Waals surface area contributed by atoms with Crippen molar-refractivity contribution in [2.75, 3.05) is 6.61 Å². The third kappa shape index (κ3) is 3.19. The SMILES string of the molecule is CCOC(=O)c1n[nH]nc1-c1ccc2ccn(Cc3ccccc3F)c2c1. The van der Waals surface area contributed by atoms with E-state index in [4.69, 9.17) is 4.74 Å². The van der Waals surface area contributed by atoms with Crippen LogP contribution in [0.5, 0.6) is 0 Å². The second kappa shape index (κ2) is 7.03. The molecular weight excluding hydrogens is 347 g/mol. The lowest BCUT2D eigenvalue weighted by Gasteiger charge is -2.08. The van der Waals surface area contributed by atoms with Gasteiger partial charge in [0.15, 0.2) is 5.69 Å². The van der Waals surface area contributed by atoms with Crippen molar-refractivity contribution in [2.24, 2.45) is 0 Å². The van der Waals surface area contributed by atoms with E-state index in [0.717, 1.165) is 16.5 Å². The highest BCUT2D eigenvalue weighted by Gasteiger charge is 2.19. The van der Waals surface area contributed by atoms with Crippen molar-refractivity contribution in [2.45, 2.75) is 13.5 Å². The van der Waals surface area contributed by atoms with Gasteiger partial charge in [0, 0.05) is 22.8 Å². The van der Waals surface area contributed by atoms with Gasteiger partial charge in [-0.2, -0.15) is 10.3 Å². The van der Waals surface area contributed by atoms with Crippen molar-refractivity contribution >= 4 is 16.9 Å². The predicted octanol–water partition coefficient (Wildman–Crippen LogP) is 3.79. The summed E-state index contributed by atoms with van der Waals surface area (Å²) >= 11 is 0. The number of rotatable bonds is 5. The zero-order valence-corrected chi connectivity index (χ0v) is 14.6. The number of hydrogen-bond donors (Lipinski definition) is 1. The van der Waals surface area contributed by atoms with E-state index in [-0.39, 0.29) is 18.1 Å². The van der Waals surface area contributed by atoms with Gasteiger partial charge >= 0.3 is 5.97 Å². The van der Waals surface area contributed by atoms with Gasteiger partial charge < -0.3 is 9.30 Å². The van der Waals surface area contributed by atoms with Crippen LogP contribution in [-0.4, -0.2) is 32.6 Å². The number of carbonyl (C=O) groups excluding carboxylic acids is 1. The van der Waals surface area contributed by atoms with Crippen LogP contribution in [0.3, 0.4) is 0 Å². The molecule has 0 radical (unpaired) electrons. The zero-order valence-electron chi connectivity index (χ0n) is 14.6. The Labute approximate surface area is 154 Å². The van der Waals surface area contributed by atoms with Gasteiger partial charge in [0.2, 0.25) is 0 Å². The first kappa shape index (κ1) is 17.0. The number of nitrogens with one attached hydrogen (secondary N) is 1. The van der Waals surface area contributed by atoms with E-state index >= 15 is 0 Å². The molecule has 0 amide bonds. The Kier molecular flexibility index (Phi) is 4.42. The van der Waals surface area contributed by atoms with Crippen molar-refractivity contribution in [1.29, 1.82) is 0 Å². The number of ether oxygens (including phenoxy) is 1. The third-order valence-corrected chi connectivity index (χ3v) is 4.36. The number of esters is 1. The molecule has 2 aromatic heterocycles. The predicted molar refractivity (Wildman–Crippen MR) is 98.8 cm³/mol. The maximum Gasteiger partial charge on any atom is 0.361 e. The summed E-state index contributed by atoms with van der Waals surface area (Å²) in [4.78, 5) is 12.1. The lowest BCUT2D eigenvalue weighted by Crippen LogP contribution is -2.06. The summed E-state index contributed by atoms with van der Waals surface area (Å²) in [5.41, 5.74) is 2.81. The molecule has 136 valence electrons. The highest BCUT2D eigenvalue weighted by atomic mass is 19.1. The number of carbonyl (C=O) groups is 1. The van der Waals surface area contributed by atoms with Crippen LogP contribution in [0.1, 0.15) is 23.0 Å². The molecule has 27 heavy (non-hydrogen) atoms. The van der Waals surface area contributed by atoms with Crippen LogP contribution in [-0.2, 0) is 11.3 Å². The fourth-order valence-corrected chi connectivity index (χ4v) is 3.05. The van der Waals surface area contributed by atoms with E-state index in [1.807, 2.05) is 41.1 Å². The summed E-state index contributed by atoms with van der Waals surface area (Å²) in [5.74, 6) is -0.764. The maximum atomic E-state index is 14.0. The van der Waals surface area contributed by atoms with Crippen molar-refractivity contribution < 1.29 is 13.9 Å². The first-order valence-electron chi connectivity index (χ1n) is 8.58. The Bertz CT molecular complexity index is 1120. The average molecular weight is 364 g/mol. The molecule has 4 aromatic rings. The van der Waals surface area contributed by atoms with Gasteiger partial charge in [0.05, 0.1) is 13.2 Å². The molecule has 2 aromatic carbocycles. The second-order valence-corrected chi connectivity index (χ2v) is 6.05. The standard InChI is InChI=1S/C20H17FN4O2/c1-2-27-20(26)19-18(22-24-23-19)14-8-7-13-9-10-25(17(13)11-14)12-15-5-3-4-6-16(15)21/h3-11H,2,12H2,1H3,(H,22,23,24). The van der Waals surface area contributed by atoms with Crippen molar-refractivity contribution in [3.63, 3.8) is 0 Å². The number of aromatic amines is 1. The number of nitrogens with zero attached hydrogens (tertiary/aromatic N) is 3. The highest BCUT2D eigenvalue weighted by Crippen LogP contribution is 2.26. The first-order valence-corrected chi connectivity index (χ1v) is 8.58. The lowest BCUT2D eigenvalue weighted by atomic mass is 10.1. The molecule has 2 heterocycles. The van der Waals surface area contributed by atoms with Gasteiger partial charge in [-0.25, -0.2) is 9.18 Å². The molecule has 0 bridgehead atoms. The van der Waals surface area contributed by atoms with Gasteiger partial charge in [-0.3, -0.25) is 0 Å². The smallest absolute Gasteiger partial charge is 0.361 e. The number of H-pyrrole nitrogens is 1. The summed E-state index contributed by atoms with van der Waals surface area (Å²) in [6, 6.07) is 14.4. The molecule has 4 rings (SSSR count). The minimum absolute atomic E-state index is 0.142. The quantitative estimate of drug-likeness (QED) is 0.547. The van der Waals surface area contributed by atoms with Gasteiger partial charge in [-0.15, -0.1) is 5.10 Å². The Morgan fingerprint density at radius 2 is 2.04 bits per heavy atom. The topological polar surface area (TPSA) is 72.8 Å². The Balaban J connectivity index is 1.74. The van der Waals surface area contributed by atoms with Gasteiger partial charge in [-0.1, -0.05) is 30.3 Å². The monoisotopic (exact) mass is 364 g/mol. The molecule has 1 N–H and O–H groups in total. The number of hydrogen-bond acceptors (Lipinski definition) is 4. The molecule has 0 aliphatic rings. The Hall–Kier alpha value is -3.48. The number of fused-ring (bicyclic) bond motifs is 1. The lowest BCUT2D eigenvalue weighted by molar-refractivity contribution is 0.0520. The summed E-state index contributed by atoms with van der Waals surface area (Å²) in [7, 11) is 0. The van der Waals surface area contributed by atoms with E-state index in [9.17, 15) is 9.18 Å². The fourth-order valence-electron chi connectivity index (χ4n) is 3.05. The highest BCUT2D eigenvalue weighted by molar-refractivity contribution is 5.95. The minimum atomic E-state index is -0.525. The molecule has 0 unspecified atom stereocenters. The molecule has 0 aliphatic heterocycles. The average Bonchev–Trinajstić information content (AvgIpc) is 3.31. The molecule has 0 spiro atoms. The summed E-state index contributed by atoms with van der Waals surface area (Å²) < 4.78 is 21.0. The van der Waals surface area contributed by atoms with Crippen LogP contribution in [0.2, 0.25) is 0 Å². The maximum absolute atomic E-state index is 14.0. The third-order valence-electron chi connectivity index (χ3n) is 4.36. The van der Waals surface area contributed by atoms with Gasteiger partial charge in [-0.05, 0) is 30.5 Å². The number of benzene rings is 2.